The molecule has 2 aliphatic heterocycles. The second-order valence-corrected chi connectivity index (χ2v) is 10.1. The number of ether oxygens (including phenoxy) is 3. The van der Waals surface area contributed by atoms with E-state index in [4.69, 9.17) is 19.2 Å². The predicted octanol–water partition coefficient (Wildman–Crippen LogP) is 4.04. The van der Waals surface area contributed by atoms with Gasteiger partial charge in [-0.15, -0.1) is 0 Å². The first-order chi connectivity index (χ1) is 20.7. The molecule has 0 radical (unpaired) electrons. The second-order valence-electron chi connectivity index (χ2n) is 10.1. The van der Waals surface area contributed by atoms with Gasteiger partial charge in [-0.25, -0.2) is 9.97 Å². The van der Waals surface area contributed by atoms with Gasteiger partial charge >= 0.3 is 0 Å². The summed E-state index contributed by atoms with van der Waals surface area (Å²) in [6, 6.07) is 13.8. The van der Waals surface area contributed by atoms with Crippen molar-refractivity contribution >= 4 is 39.8 Å². The number of aromatic nitrogens is 3. The Hall–Kier alpha value is -4.45. The highest BCUT2D eigenvalue weighted by atomic mass is 16.5. The summed E-state index contributed by atoms with van der Waals surface area (Å²) >= 11 is 0. The molecule has 11 heteroatoms. The number of methoxy groups -OCH3 is 1. The minimum Gasteiger partial charge on any atom is -0.494 e. The van der Waals surface area contributed by atoms with Crippen molar-refractivity contribution in [3.05, 3.63) is 67.0 Å². The largest absolute Gasteiger partial charge is 0.494 e. The zero-order chi connectivity index (χ0) is 28.7. The van der Waals surface area contributed by atoms with Crippen molar-refractivity contribution in [3.63, 3.8) is 0 Å². The summed E-state index contributed by atoms with van der Waals surface area (Å²) in [6.07, 6.45) is 7.16. The maximum atomic E-state index is 13.0. The molecule has 4 heterocycles. The molecule has 0 spiro atoms. The molecule has 0 aliphatic carbocycles. The molecule has 1 amide bonds. The van der Waals surface area contributed by atoms with Crippen molar-refractivity contribution in [2.45, 2.75) is 0 Å². The van der Waals surface area contributed by atoms with Gasteiger partial charge in [0.15, 0.2) is 0 Å². The third-order valence-electron chi connectivity index (χ3n) is 7.43. The van der Waals surface area contributed by atoms with Crippen LogP contribution in [0, 0.1) is 0 Å². The van der Waals surface area contributed by atoms with Gasteiger partial charge in [0, 0.05) is 73.7 Å². The highest BCUT2D eigenvalue weighted by Gasteiger charge is 2.20. The van der Waals surface area contributed by atoms with Gasteiger partial charge in [-0.1, -0.05) is 24.3 Å². The zero-order valence-electron chi connectivity index (χ0n) is 23.6. The smallest absolute Gasteiger partial charge is 0.248 e. The molecule has 11 nitrogen and oxygen atoms in total. The van der Waals surface area contributed by atoms with Crippen LogP contribution in [0.4, 0.5) is 23.0 Å². The molecule has 3 N–H and O–H groups in total. The van der Waals surface area contributed by atoms with E-state index in [-0.39, 0.29) is 5.91 Å². The van der Waals surface area contributed by atoms with Crippen LogP contribution in [-0.2, 0) is 14.3 Å². The average molecular weight is 570 g/mol. The van der Waals surface area contributed by atoms with Gasteiger partial charge in [-0.3, -0.25) is 9.69 Å². The van der Waals surface area contributed by atoms with E-state index in [0.29, 0.717) is 55.9 Å². The molecule has 6 rings (SSSR count). The van der Waals surface area contributed by atoms with Crippen molar-refractivity contribution in [2.24, 2.45) is 0 Å². The van der Waals surface area contributed by atoms with E-state index >= 15 is 0 Å². The quantitative estimate of drug-likeness (QED) is 0.257. The minimum absolute atomic E-state index is 0.202. The van der Waals surface area contributed by atoms with Crippen LogP contribution in [0.1, 0.15) is 0 Å². The van der Waals surface area contributed by atoms with Gasteiger partial charge in [0.05, 0.1) is 56.3 Å². The molecule has 0 unspecified atom stereocenters. The molecule has 2 aliphatic rings. The van der Waals surface area contributed by atoms with Crippen LogP contribution in [0.2, 0.25) is 0 Å². The summed E-state index contributed by atoms with van der Waals surface area (Å²) in [6.45, 7) is 6.52. The Balaban J connectivity index is 1.27. The number of amides is 1. The first kappa shape index (κ1) is 27.7. The van der Waals surface area contributed by atoms with Crippen LogP contribution in [0.5, 0.6) is 5.75 Å². The first-order valence-corrected chi connectivity index (χ1v) is 14.2. The fraction of sp³-hybridized carbons (Fsp3) is 0.323. The van der Waals surface area contributed by atoms with E-state index in [9.17, 15) is 4.79 Å². The van der Waals surface area contributed by atoms with Crippen molar-refractivity contribution in [3.8, 4) is 17.0 Å². The summed E-state index contributed by atoms with van der Waals surface area (Å²) in [5, 5.41) is 7.48. The number of carbonyl (C=O) groups excluding carboxylic acids is 1. The predicted molar refractivity (Wildman–Crippen MR) is 164 cm³/mol. The molecule has 0 saturated carbocycles. The molecule has 42 heavy (non-hydrogen) atoms. The molecule has 4 aromatic rings. The Labute approximate surface area is 244 Å². The number of fused-ring (bicyclic) bond motifs is 1. The molecule has 2 aromatic heterocycles. The summed E-state index contributed by atoms with van der Waals surface area (Å²) in [4.78, 5) is 30.0. The fourth-order valence-electron chi connectivity index (χ4n) is 5.24. The minimum atomic E-state index is -0.202. The van der Waals surface area contributed by atoms with Crippen LogP contribution < -0.4 is 20.3 Å². The first-order valence-electron chi connectivity index (χ1n) is 14.2. The molecular formula is C31H35N7O4. The third kappa shape index (κ3) is 6.38. The molecule has 0 atom stereocenters. The average Bonchev–Trinajstić information content (AvgIpc) is 3.47. The van der Waals surface area contributed by atoms with Gasteiger partial charge in [-0.05, 0) is 18.2 Å². The van der Waals surface area contributed by atoms with E-state index in [1.807, 2.05) is 48.7 Å². The number of aromatic amines is 1. The second kappa shape index (κ2) is 13.0. The number of hydrogen-bond donors (Lipinski definition) is 3. The summed E-state index contributed by atoms with van der Waals surface area (Å²) in [5.41, 5.74) is 4.98. The summed E-state index contributed by atoms with van der Waals surface area (Å²) < 4.78 is 16.7. The van der Waals surface area contributed by atoms with Crippen molar-refractivity contribution in [2.75, 3.05) is 81.8 Å². The number of para-hydroxylation sites is 1. The summed E-state index contributed by atoms with van der Waals surface area (Å²) in [5.74, 6) is 0.822. The summed E-state index contributed by atoms with van der Waals surface area (Å²) in [7, 11) is 1.62. The van der Waals surface area contributed by atoms with E-state index in [2.05, 4.69) is 36.5 Å². The Morgan fingerprint density at radius 2 is 1.83 bits per heavy atom. The lowest BCUT2D eigenvalue weighted by Crippen LogP contribution is -2.37. The number of nitrogens with one attached hydrogen (secondary N) is 3. The van der Waals surface area contributed by atoms with Gasteiger partial charge in [0.2, 0.25) is 11.9 Å². The fourth-order valence-corrected chi connectivity index (χ4v) is 5.24. The monoisotopic (exact) mass is 569 g/mol. The Bertz CT molecular complexity index is 1560. The van der Waals surface area contributed by atoms with Gasteiger partial charge < -0.3 is 34.7 Å². The lowest BCUT2D eigenvalue weighted by Gasteiger charge is -2.31. The van der Waals surface area contributed by atoms with Gasteiger partial charge in [-0.2, -0.15) is 0 Å². The highest BCUT2D eigenvalue weighted by molar-refractivity contribution is 6.02. The van der Waals surface area contributed by atoms with E-state index in [0.717, 1.165) is 54.2 Å². The van der Waals surface area contributed by atoms with E-state index < -0.39 is 0 Å². The SMILES string of the molecule is COc1cc(N2CCOCC2)c(NC(=O)/C=C/CN2CCOCC2)cc1Nc1nccc(-c2c[nH]c3ccccc23)n1. The van der Waals surface area contributed by atoms with Crippen LogP contribution in [0.25, 0.3) is 22.2 Å². The molecule has 2 fully saturated rings. The number of H-pyrrole nitrogens is 1. The number of rotatable bonds is 9. The zero-order valence-corrected chi connectivity index (χ0v) is 23.6. The Kier molecular flexibility index (Phi) is 8.59. The maximum Gasteiger partial charge on any atom is 0.248 e. The van der Waals surface area contributed by atoms with E-state index in [1.165, 1.54) is 0 Å². The maximum absolute atomic E-state index is 13.0. The van der Waals surface area contributed by atoms with Crippen LogP contribution in [0.3, 0.4) is 0 Å². The molecule has 0 bridgehead atoms. The number of nitrogens with zero attached hydrogens (tertiary/aromatic N) is 4. The van der Waals surface area contributed by atoms with Crippen molar-refractivity contribution < 1.29 is 19.0 Å². The van der Waals surface area contributed by atoms with Crippen LogP contribution in [-0.4, -0.2) is 92.0 Å². The number of benzene rings is 2. The Morgan fingerprint density at radius 1 is 1.05 bits per heavy atom. The third-order valence-corrected chi connectivity index (χ3v) is 7.43. The molecule has 2 saturated heterocycles. The Morgan fingerprint density at radius 3 is 2.64 bits per heavy atom. The van der Waals surface area contributed by atoms with E-state index in [1.54, 1.807) is 19.4 Å². The number of morpholine rings is 2. The molecular weight excluding hydrogens is 534 g/mol. The number of anilines is 4. The van der Waals surface area contributed by atoms with Crippen molar-refractivity contribution in [1.29, 1.82) is 0 Å². The molecule has 2 aromatic carbocycles. The van der Waals surface area contributed by atoms with Crippen molar-refractivity contribution in [1.82, 2.24) is 19.9 Å². The standard InChI is InChI=1S/C31H35N7O4/c1-40-29-20-28(38-13-17-42-18-14-38)26(34-30(39)7-4-10-37-11-15-41-16-12-37)19-27(29)36-31-32-9-8-25(35-31)23-21-33-24-6-3-2-5-22(23)24/h2-9,19-21,33H,10-18H2,1H3,(H,34,39)(H,32,35,36)/b7-4+. The normalized spacial score (nSPS) is 16.2. The number of carbonyl (C=O) groups is 1. The highest BCUT2D eigenvalue weighted by Crippen LogP contribution is 2.39. The number of hydrogen-bond acceptors (Lipinski definition) is 9. The van der Waals surface area contributed by atoms with Gasteiger partial charge in [0.25, 0.3) is 0 Å². The van der Waals surface area contributed by atoms with Crippen LogP contribution >= 0.6 is 0 Å². The lowest BCUT2D eigenvalue weighted by atomic mass is 10.1. The topological polar surface area (TPSA) is 117 Å². The van der Waals surface area contributed by atoms with Gasteiger partial charge in [0.1, 0.15) is 5.75 Å². The lowest BCUT2D eigenvalue weighted by molar-refractivity contribution is -0.111. The molecule has 218 valence electrons. The van der Waals surface area contributed by atoms with Crippen LogP contribution in [0.15, 0.2) is 67.0 Å².